The van der Waals surface area contributed by atoms with Crippen LogP contribution in [0.1, 0.15) is 23.2 Å². The van der Waals surface area contributed by atoms with Gasteiger partial charge in [-0.25, -0.2) is 0 Å². The molecule has 1 aromatic carbocycles. The Morgan fingerprint density at radius 3 is 3.06 bits per heavy atom. The summed E-state index contributed by atoms with van der Waals surface area (Å²) >= 11 is 3.35. The van der Waals surface area contributed by atoms with Crippen LogP contribution in [0.5, 0.6) is 5.75 Å². The standard InChI is InChI=1S/C12H15BrN2O2/c13-8-3-4-10(12(14)16)11(6-8)17-7-9-2-1-5-15-9/h3-4,6,9,15H,1-2,5,7H2,(H2,14,16). The van der Waals surface area contributed by atoms with E-state index in [0.29, 0.717) is 24.0 Å². The van der Waals surface area contributed by atoms with E-state index in [2.05, 4.69) is 21.2 Å². The first-order valence-electron chi connectivity index (χ1n) is 5.62. The van der Waals surface area contributed by atoms with E-state index >= 15 is 0 Å². The van der Waals surface area contributed by atoms with Crippen LogP contribution in [-0.4, -0.2) is 25.1 Å². The van der Waals surface area contributed by atoms with Gasteiger partial charge in [0.25, 0.3) is 5.91 Å². The third kappa shape index (κ3) is 3.20. The van der Waals surface area contributed by atoms with Crippen molar-refractivity contribution in [2.75, 3.05) is 13.2 Å². The predicted octanol–water partition coefficient (Wildman–Crippen LogP) is 1.68. The zero-order chi connectivity index (χ0) is 12.3. The molecule has 5 heteroatoms. The van der Waals surface area contributed by atoms with Gasteiger partial charge < -0.3 is 15.8 Å². The molecule has 1 aromatic rings. The molecule has 1 unspecified atom stereocenters. The van der Waals surface area contributed by atoms with E-state index in [4.69, 9.17) is 10.5 Å². The van der Waals surface area contributed by atoms with E-state index in [9.17, 15) is 4.79 Å². The molecule has 2 rings (SSSR count). The summed E-state index contributed by atoms with van der Waals surface area (Å²) in [6.07, 6.45) is 2.29. The summed E-state index contributed by atoms with van der Waals surface area (Å²) in [5.41, 5.74) is 5.72. The van der Waals surface area contributed by atoms with Crippen LogP contribution in [0, 0.1) is 0 Å². The van der Waals surface area contributed by atoms with E-state index in [1.54, 1.807) is 18.2 Å². The Kier molecular flexibility index (Phi) is 4.02. The predicted molar refractivity (Wildman–Crippen MR) is 69.2 cm³/mol. The van der Waals surface area contributed by atoms with Crippen LogP contribution < -0.4 is 15.8 Å². The summed E-state index contributed by atoms with van der Waals surface area (Å²) in [7, 11) is 0. The number of hydrogen-bond acceptors (Lipinski definition) is 3. The lowest BCUT2D eigenvalue weighted by Gasteiger charge is -2.14. The van der Waals surface area contributed by atoms with Gasteiger partial charge in [-0.15, -0.1) is 0 Å². The van der Waals surface area contributed by atoms with E-state index < -0.39 is 5.91 Å². The average molecular weight is 299 g/mol. The first-order valence-corrected chi connectivity index (χ1v) is 6.41. The highest BCUT2D eigenvalue weighted by Crippen LogP contribution is 2.24. The van der Waals surface area contributed by atoms with Gasteiger partial charge in [0.1, 0.15) is 12.4 Å². The maximum absolute atomic E-state index is 11.2. The third-order valence-corrected chi connectivity index (χ3v) is 3.30. The minimum absolute atomic E-state index is 0.370. The molecule has 3 N–H and O–H groups in total. The zero-order valence-corrected chi connectivity index (χ0v) is 11.0. The van der Waals surface area contributed by atoms with Crippen LogP contribution in [0.3, 0.4) is 0 Å². The van der Waals surface area contributed by atoms with Crippen molar-refractivity contribution in [2.45, 2.75) is 18.9 Å². The zero-order valence-electron chi connectivity index (χ0n) is 9.41. The van der Waals surface area contributed by atoms with Crippen molar-refractivity contribution >= 4 is 21.8 Å². The van der Waals surface area contributed by atoms with Crippen molar-refractivity contribution in [3.8, 4) is 5.75 Å². The van der Waals surface area contributed by atoms with E-state index in [1.165, 1.54) is 6.42 Å². The molecule has 4 nitrogen and oxygen atoms in total. The van der Waals surface area contributed by atoms with Crippen LogP contribution >= 0.6 is 15.9 Å². The molecule has 0 radical (unpaired) electrons. The van der Waals surface area contributed by atoms with Crippen molar-refractivity contribution < 1.29 is 9.53 Å². The lowest BCUT2D eigenvalue weighted by Crippen LogP contribution is -2.28. The summed E-state index contributed by atoms with van der Waals surface area (Å²) in [6, 6.07) is 5.59. The van der Waals surface area contributed by atoms with Gasteiger partial charge in [0.05, 0.1) is 5.56 Å². The van der Waals surface area contributed by atoms with Crippen LogP contribution in [0.2, 0.25) is 0 Å². The van der Waals surface area contributed by atoms with Crippen molar-refractivity contribution in [1.29, 1.82) is 0 Å². The van der Waals surface area contributed by atoms with E-state index in [0.717, 1.165) is 17.4 Å². The maximum atomic E-state index is 11.2. The second-order valence-corrected chi connectivity index (χ2v) is 5.02. The van der Waals surface area contributed by atoms with Gasteiger partial charge in [-0.05, 0) is 37.6 Å². The number of nitrogens with two attached hydrogens (primary N) is 1. The summed E-state index contributed by atoms with van der Waals surface area (Å²) < 4.78 is 6.54. The van der Waals surface area contributed by atoms with Crippen molar-refractivity contribution in [3.63, 3.8) is 0 Å². The Hall–Kier alpha value is -1.07. The monoisotopic (exact) mass is 298 g/mol. The molecule has 17 heavy (non-hydrogen) atoms. The van der Waals surface area contributed by atoms with Gasteiger partial charge in [-0.2, -0.15) is 0 Å². The molecule has 1 fully saturated rings. The number of ether oxygens (including phenoxy) is 1. The quantitative estimate of drug-likeness (QED) is 0.889. The van der Waals surface area contributed by atoms with Crippen LogP contribution in [0.4, 0.5) is 0 Å². The van der Waals surface area contributed by atoms with Crippen molar-refractivity contribution in [1.82, 2.24) is 5.32 Å². The van der Waals surface area contributed by atoms with Crippen LogP contribution in [0.15, 0.2) is 22.7 Å². The van der Waals surface area contributed by atoms with Gasteiger partial charge >= 0.3 is 0 Å². The van der Waals surface area contributed by atoms with Crippen LogP contribution in [0.25, 0.3) is 0 Å². The van der Waals surface area contributed by atoms with Gasteiger partial charge in [-0.1, -0.05) is 15.9 Å². The second kappa shape index (κ2) is 5.51. The first kappa shape index (κ1) is 12.4. The Labute approximate surface area is 109 Å². The Balaban J connectivity index is 2.07. The Morgan fingerprint density at radius 2 is 2.41 bits per heavy atom. The summed E-state index contributed by atoms with van der Waals surface area (Å²) in [5.74, 6) is 0.0763. The summed E-state index contributed by atoms with van der Waals surface area (Å²) in [6.45, 7) is 1.60. The molecule has 1 aliphatic rings. The SMILES string of the molecule is NC(=O)c1ccc(Br)cc1OCC1CCCN1. The minimum atomic E-state index is -0.466. The highest BCUT2D eigenvalue weighted by Gasteiger charge is 2.16. The smallest absolute Gasteiger partial charge is 0.252 e. The highest BCUT2D eigenvalue weighted by molar-refractivity contribution is 9.10. The number of nitrogens with one attached hydrogen (secondary N) is 1. The normalized spacial score (nSPS) is 19.2. The molecule has 0 spiro atoms. The molecule has 0 aliphatic carbocycles. The Bertz CT molecular complexity index is 417. The second-order valence-electron chi connectivity index (χ2n) is 4.11. The lowest BCUT2D eigenvalue weighted by atomic mass is 10.2. The molecule has 0 aromatic heterocycles. The number of benzene rings is 1. The van der Waals surface area contributed by atoms with Crippen molar-refractivity contribution in [2.24, 2.45) is 5.73 Å². The number of carbonyl (C=O) groups excluding carboxylic acids is 1. The average Bonchev–Trinajstić information content (AvgIpc) is 2.78. The van der Waals surface area contributed by atoms with Crippen LogP contribution in [-0.2, 0) is 0 Å². The van der Waals surface area contributed by atoms with Gasteiger partial charge in [0.2, 0.25) is 0 Å². The molecular formula is C12H15BrN2O2. The number of hydrogen-bond donors (Lipinski definition) is 2. The largest absolute Gasteiger partial charge is 0.491 e. The number of primary amides is 1. The third-order valence-electron chi connectivity index (χ3n) is 2.81. The van der Waals surface area contributed by atoms with E-state index in [-0.39, 0.29) is 0 Å². The Morgan fingerprint density at radius 1 is 1.59 bits per heavy atom. The maximum Gasteiger partial charge on any atom is 0.252 e. The van der Waals surface area contributed by atoms with E-state index in [1.807, 2.05) is 0 Å². The molecule has 0 bridgehead atoms. The number of amides is 1. The highest BCUT2D eigenvalue weighted by atomic mass is 79.9. The minimum Gasteiger partial charge on any atom is -0.491 e. The first-order chi connectivity index (χ1) is 8.16. The van der Waals surface area contributed by atoms with Gasteiger partial charge in [-0.3, -0.25) is 4.79 Å². The fraction of sp³-hybridized carbons (Fsp3) is 0.417. The number of halogens is 1. The lowest BCUT2D eigenvalue weighted by molar-refractivity contribution is 0.0996. The van der Waals surface area contributed by atoms with Gasteiger partial charge in [0, 0.05) is 10.5 Å². The fourth-order valence-electron chi connectivity index (χ4n) is 1.91. The molecule has 1 amide bonds. The topological polar surface area (TPSA) is 64.4 Å². The summed E-state index contributed by atoms with van der Waals surface area (Å²) in [4.78, 5) is 11.2. The molecule has 92 valence electrons. The molecule has 0 saturated carbocycles. The summed E-state index contributed by atoms with van der Waals surface area (Å²) in [5, 5.41) is 3.34. The number of rotatable bonds is 4. The van der Waals surface area contributed by atoms with Crippen molar-refractivity contribution in [3.05, 3.63) is 28.2 Å². The fourth-order valence-corrected chi connectivity index (χ4v) is 2.25. The molecule has 1 aliphatic heterocycles. The molecule has 1 heterocycles. The molecular weight excluding hydrogens is 284 g/mol. The molecule has 1 atom stereocenters. The number of carbonyl (C=O) groups is 1. The molecule has 1 saturated heterocycles. The van der Waals surface area contributed by atoms with Gasteiger partial charge in [0.15, 0.2) is 0 Å².